The van der Waals surface area contributed by atoms with E-state index in [0.29, 0.717) is 5.56 Å². The highest BCUT2D eigenvalue weighted by Gasteiger charge is 2.23. The van der Waals surface area contributed by atoms with Crippen LogP contribution in [0.2, 0.25) is 0 Å². The Bertz CT molecular complexity index is 799. The van der Waals surface area contributed by atoms with E-state index in [-0.39, 0.29) is 29.0 Å². The lowest BCUT2D eigenvalue weighted by molar-refractivity contribution is -0.385. The number of ketones is 1. The SMILES string of the molecule is COC(=O)Cc1ccc(OC)c(C(=O)c2ccccc2[N+](=O)[O-])c1. The monoisotopic (exact) mass is 329 g/mol. The molecule has 2 aromatic rings. The summed E-state index contributed by atoms with van der Waals surface area (Å²) in [5, 5.41) is 11.1. The molecule has 24 heavy (non-hydrogen) atoms. The van der Waals surface area contributed by atoms with E-state index in [1.54, 1.807) is 18.2 Å². The van der Waals surface area contributed by atoms with Crippen LogP contribution in [0.4, 0.5) is 5.69 Å². The van der Waals surface area contributed by atoms with E-state index in [1.165, 1.54) is 38.5 Å². The van der Waals surface area contributed by atoms with Crippen molar-refractivity contribution in [1.29, 1.82) is 0 Å². The van der Waals surface area contributed by atoms with Crippen LogP contribution in [0.1, 0.15) is 21.5 Å². The lowest BCUT2D eigenvalue weighted by Crippen LogP contribution is -2.09. The van der Waals surface area contributed by atoms with Gasteiger partial charge < -0.3 is 9.47 Å². The van der Waals surface area contributed by atoms with Crippen LogP contribution in [0.5, 0.6) is 5.75 Å². The third-order valence-corrected chi connectivity index (χ3v) is 3.43. The second kappa shape index (κ2) is 7.36. The maximum absolute atomic E-state index is 12.8. The molecule has 124 valence electrons. The maximum atomic E-state index is 12.8. The van der Waals surface area contributed by atoms with Crippen LogP contribution in [0, 0.1) is 10.1 Å². The van der Waals surface area contributed by atoms with Gasteiger partial charge in [-0.25, -0.2) is 0 Å². The predicted octanol–water partition coefficient (Wildman–Crippen LogP) is 2.55. The molecule has 0 aliphatic carbocycles. The lowest BCUT2D eigenvalue weighted by Gasteiger charge is -2.10. The molecule has 0 aromatic heterocycles. The highest BCUT2D eigenvalue weighted by molar-refractivity contribution is 6.13. The molecule has 0 saturated heterocycles. The van der Waals surface area contributed by atoms with Crippen LogP contribution >= 0.6 is 0 Å². The Hall–Kier alpha value is -3.22. The van der Waals surface area contributed by atoms with E-state index >= 15 is 0 Å². The Balaban J connectivity index is 2.50. The minimum Gasteiger partial charge on any atom is -0.496 e. The van der Waals surface area contributed by atoms with Gasteiger partial charge in [0, 0.05) is 6.07 Å². The van der Waals surface area contributed by atoms with Gasteiger partial charge in [0.1, 0.15) is 11.3 Å². The summed E-state index contributed by atoms with van der Waals surface area (Å²) in [5.74, 6) is -0.734. The number of hydrogen-bond donors (Lipinski definition) is 0. The van der Waals surface area contributed by atoms with Crippen molar-refractivity contribution < 1.29 is 24.0 Å². The molecule has 0 unspecified atom stereocenters. The van der Waals surface area contributed by atoms with Crippen molar-refractivity contribution in [3.63, 3.8) is 0 Å². The predicted molar refractivity (Wildman–Crippen MR) is 85.2 cm³/mol. The van der Waals surface area contributed by atoms with Gasteiger partial charge in [-0.2, -0.15) is 0 Å². The first-order valence-corrected chi connectivity index (χ1v) is 6.99. The molecule has 0 bridgehead atoms. The zero-order valence-electron chi connectivity index (χ0n) is 13.1. The zero-order valence-corrected chi connectivity index (χ0v) is 13.1. The van der Waals surface area contributed by atoms with Gasteiger partial charge in [0.25, 0.3) is 5.69 Å². The average Bonchev–Trinajstić information content (AvgIpc) is 2.60. The summed E-state index contributed by atoms with van der Waals surface area (Å²) < 4.78 is 9.77. The first-order valence-electron chi connectivity index (χ1n) is 6.99. The van der Waals surface area contributed by atoms with Crippen molar-refractivity contribution in [1.82, 2.24) is 0 Å². The highest BCUT2D eigenvalue weighted by Crippen LogP contribution is 2.27. The molecule has 0 N–H and O–H groups in total. The van der Waals surface area contributed by atoms with Crippen molar-refractivity contribution in [2.75, 3.05) is 14.2 Å². The second-order valence-corrected chi connectivity index (χ2v) is 4.89. The molecule has 0 radical (unpaired) electrons. The van der Waals surface area contributed by atoms with Crippen LogP contribution in [-0.4, -0.2) is 30.9 Å². The molecular formula is C17H15NO6. The van der Waals surface area contributed by atoms with E-state index in [4.69, 9.17) is 4.74 Å². The van der Waals surface area contributed by atoms with E-state index in [1.807, 2.05) is 0 Å². The molecule has 0 aliphatic heterocycles. The standard InChI is InChI=1S/C17H15NO6/c1-23-15-8-7-11(10-16(19)24-2)9-13(15)17(20)12-5-3-4-6-14(12)18(21)22/h3-9H,10H2,1-2H3. The van der Waals surface area contributed by atoms with Crippen LogP contribution in [0.15, 0.2) is 42.5 Å². The quantitative estimate of drug-likeness (QED) is 0.350. The molecular weight excluding hydrogens is 314 g/mol. The van der Waals surface area contributed by atoms with Crippen molar-refractivity contribution in [3.05, 3.63) is 69.3 Å². The molecule has 0 saturated carbocycles. The van der Waals surface area contributed by atoms with Crippen LogP contribution in [-0.2, 0) is 16.0 Å². The summed E-state index contributed by atoms with van der Waals surface area (Å²) >= 11 is 0. The molecule has 0 spiro atoms. The molecule has 0 atom stereocenters. The summed E-state index contributed by atoms with van der Waals surface area (Å²) in [6, 6.07) is 10.3. The summed E-state index contributed by atoms with van der Waals surface area (Å²) in [4.78, 5) is 34.7. The van der Waals surface area contributed by atoms with Crippen molar-refractivity contribution >= 4 is 17.4 Å². The topological polar surface area (TPSA) is 95.7 Å². The summed E-state index contributed by atoms with van der Waals surface area (Å²) in [6.45, 7) is 0. The van der Waals surface area contributed by atoms with E-state index in [2.05, 4.69) is 4.74 Å². The number of carbonyl (C=O) groups is 2. The fourth-order valence-corrected chi connectivity index (χ4v) is 2.25. The number of ether oxygens (including phenoxy) is 2. The number of carbonyl (C=O) groups excluding carboxylic acids is 2. The molecule has 2 aromatic carbocycles. The third kappa shape index (κ3) is 3.57. The van der Waals surface area contributed by atoms with Crippen molar-refractivity contribution in [3.8, 4) is 5.75 Å². The van der Waals surface area contributed by atoms with Gasteiger partial charge in [0.05, 0.1) is 31.1 Å². The van der Waals surface area contributed by atoms with Gasteiger partial charge in [-0.3, -0.25) is 19.7 Å². The molecule has 0 heterocycles. The summed E-state index contributed by atoms with van der Waals surface area (Å²) in [6.07, 6.45) is -0.0162. The Kier molecular flexibility index (Phi) is 5.26. The first kappa shape index (κ1) is 17.1. The highest BCUT2D eigenvalue weighted by atomic mass is 16.6. The van der Waals surface area contributed by atoms with Crippen LogP contribution in [0.3, 0.4) is 0 Å². The number of nitro groups is 1. The van der Waals surface area contributed by atoms with Crippen molar-refractivity contribution in [2.24, 2.45) is 0 Å². The first-order chi connectivity index (χ1) is 11.5. The Morgan fingerprint density at radius 1 is 1.08 bits per heavy atom. The molecule has 0 amide bonds. The number of nitrogens with zero attached hydrogens (tertiary/aromatic N) is 1. The van der Waals surface area contributed by atoms with E-state index in [0.717, 1.165) is 0 Å². The third-order valence-electron chi connectivity index (χ3n) is 3.43. The van der Waals surface area contributed by atoms with Crippen LogP contribution in [0.25, 0.3) is 0 Å². The molecule has 0 fully saturated rings. The molecule has 0 aliphatic rings. The molecule has 7 nitrogen and oxygen atoms in total. The number of rotatable bonds is 6. The number of methoxy groups -OCH3 is 2. The average molecular weight is 329 g/mol. The summed E-state index contributed by atoms with van der Waals surface area (Å²) in [5.41, 5.74) is 0.358. The fraction of sp³-hybridized carbons (Fsp3) is 0.176. The Labute approximate surface area is 138 Å². The fourth-order valence-electron chi connectivity index (χ4n) is 2.25. The molecule has 7 heteroatoms. The zero-order chi connectivity index (χ0) is 17.7. The minimum absolute atomic E-state index is 0.0162. The largest absolute Gasteiger partial charge is 0.496 e. The number of benzene rings is 2. The van der Waals surface area contributed by atoms with Gasteiger partial charge >= 0.3 is 5.97 Å². The summed E-state index contributed by atoms with van der Waals surface area (Å²) in [7, 11) is 2.66. The number of hydrogen-bond acceptors (Lipinski definition) is 6. The normalized spacial score (nSPS) is 10.1. The van der Waals surface area contributed by atoms with Gasteiger partial charge in [-0.05, 0) is 23.8 Å². The smallest absolute Gasteiger partial charge is 0.309 e. The van der Waals surface area contributed by atoms with Gasteiger partial charge in [-0.1, -0.05) is 18.2 Å². The van der Waals surface area contributed by atoms with Crippen LogP contribution < -0.4 is 4.74 Å². The van der Waals surface area contributed by atoms with E-state index in [9.17, 15) is 19.7 Å². The van der Waals surface area contributed by atoms with Gasteiger partial charge in [0.15, 0.2) is 0 Å². The number of nitro benzene ring substituents is 1. The van der Waals surface area contributed by atoms with Gasteiger partial charge in [0.2, 0.25) is 5.78 Å². The number of esters is 1. The minimum atomic E-state index is -0.613. The maximum Gasteiger partial charge on any atom is 0.309 e. The molecule has 2 rings (SSSR count). The second-order valence-electron chi connectivity index (χ2n) is 4.89. The number of para-hydroxylation sites is 1. The Morgan fingerprint density at radius 3 is 2.42 bits per heavy atom. The Morgan fingerprint density at radius 2 is 1.79 bits per heavy atom. The lowest BCUT2D eigenvalue weighted by atomic mass is 9.98. The van der Waals surface area contributed by atoms with E-state index < -0.39 is 16.7 Å². The van der Waals surface area contributed by atoms with Gasteiger partial charge in [-0.15, -0.1) is 0 Å². The van der Waals surface area contributed by atoms with Crippen molar-refractivity contribution in [2.45, 2.75) is 6.42 Å².